The molecule has 0 fully saturated rings. The lowest BCUT2D eigenvalue weighted by atomic mass is 9.96. The number of thiophene rings is 1. The molecule has 1 unspecified atom stereocenters. The van der Waals surface area contributed by atoms with E-state index in [1.54, 1.807) is 23.5 Å². The number of amides is 2. The summed E-state index contributed by atoms with van der Waals surface area (Å²) in [7, 11) is 0. The Morgan fingerprint density at radius 1 is 1.08 bits per heavy atom. The van der Waals surface area contributed by atoms with Crippen molar-refractivity contribution in [1.82, 2.24) is 10.9 Å². The van der Waals surface area contributed by atoms with Crippen molar-refractivity contribution in [3.8, 4) is 11.5 Å². The molecule has 2 aromatic rings. The summed E-state index contributed by atoms with van der Waals surface area (Å²) >= 11 is 1.62. The number of hydrogen-bond donors (Lipinski definition) is 2. The van der Waals surface area contributed by atoms with E-state index < -0.39 is 12.0 Å². The van der Waals surface area contributed by atoms with Gasteiger partial charge in [0.2, 0.25) is 6.10 Å². The highest BCUT2D eigenvalue weighted by Crippen LogP contribution is 2.31. The lowest BCUT2D eigenvalue weighted by molar-refractivity contribution is -0.131. The van der Waals surface area contributed by atoms with Gasteiger partial charge in [0.25, 0.3) is 11.8 Å². The molecular weight excluding hydrogens is 340 g/mol. The largest absolute Gasteiger partial charge is 0.485 e. The van der Waals surface area contributed by atoms with Gasteiger partial charge in [-0.2, -0.15) is 0 Å². The van der Waals surface area contributed by atoms with Crippen LogP contribution in [-0.2, 0) is 17.6 Å². The van der Waals surface area contributed by atoms with Crippen molar-refractivity contribution in [2.45, 2.75) is 31.8 Å². The van der Waals surface area contributed by atoms with E-state index in [1.807, 2.05) is 17.5 Å². The molecule has 0 saturated heterocycles. The molecule has 2 heterocycles. The molecular formula is C18H18N2O4S. The average Bonchev–Trinajstić information content (AvgIpc) is 3.09. The smallest absolute Gasteiger partial charge is 0.283 e. The third kappa shape index (κ3) is 3.19. The Morgan fingerprint density at radius 2 is 1.88 bits per heavy atom. The Labute approximate surface area is 149 Å². The summed E-state index contributed by atoms with van der Waals surface area (Å²) in [6.07, 6.45) is 3.43. The highest BCUT2D eigenvalue weighted by atomic mass is 32.1. The van der Waals surface area contributed by atoms with Gasteiger partial charge in [-0.3, -0.25) is 20.4 Å². The lowest BCUT2D eigenvalue weighted by Gasteiger charge is -2.25. The monoisotopic (exact) mass is 358 g/mol. The van der Waals surface area contributed by atoms with E-state index in [-0.39, 0.29) is 12.5 Å². The molecule has 6 nitrogen and oxygen atoms in total. The number of benzene rings is 1. The quantitative estimate of drug-likeness (QED) is 0.807. The molecule has 1 aliphatic heterocycles. The fourth-order valence-corrected chi connectivity index (χ4v) is 4.23. The van der Waals surface area contributed by atoms with Crippen molar-refractivity contribution < 1.29 is 19.1 Å². The van der Waals surface area contributed by atoms with E-state index in [0.717, 1.165) is 24.8 Å². The van der Waals surface area contributed by atoms with Crippen molar-refractivity contribution in [2.75, 3.05) is 6.61 Å². The molecule has 7 heteroatoms. The maximum atomic E-state index is 12.4. The molecule has 1 aliphatic carbocycles. The van der Waals surface area contributed by atoms with Crippen LogP contribution in [0.15, 0.2) is 29.6 Å². The van der Waals surface area contributed by atoms with Gasteiger partial charge >= 0.3 is 0 Å². The van der Waals surface area contributed by atoms with Crippen molar-refractivity contribution in [3.63, 3.8) is 0 Å². The van der Waals surface area contributed by atoms with Gasteiger partial charge in [0.05, 0.1) is 5.56 Å². The Bertz CT molecular complexity index is 817. The van der Waals surface area contributed by atoms with E-state index in [9.17, 15) is 9.59 Å². The van der Waals surface area contributed by atoms with Gasteiger partial charge in [0.1, 0.15) is 6.61 Å². The van der Waals surface area contributed by atoms with E-state index in [2.05, 4.69) is 10.9 Å². The zero-order chi connectivity index (χ0) is 17.2. The van der Waals surface area contributed by atoms with Crippen LogP contribution < -0.4 is 20.3 Å². The first-order chi connectivity index (χ1) is 12.2. The van der Waals surface area contributed by atoms with Crippen molar-refractivity contribution in [2.24, 2.45) is 0 Å². The van der Waals surface area contributed by atoms with Crippen LogP contribution in [-0.4, -0.2) is 24.5 Å². The number of fused-ring (bicyclic) bond motifs is 2. The Hall–Kier alpha value is -2.54. The summed E-state index contributed by atoms with van der Waals surface area (Å²) < 4.78 is 11.1. The van der Waals surface area contributed by atoms with Gasteiger partial charge < -0.3 is 9.47 Å². The molecule has 2 N–H and O–H groups in total. The minimum Gasteiger partial charge on any atom is -0.485 e. The number of hydrazine groups is 1. The summed E-state index contributed by atoms with van der Waals surface area (Å²) in [5.41, 5.74) is 6.71. The molecule has 1 aromatic carbocycles. The topological polar surface area (TPSA) is 76.7 Å². The third-order valence-electron chi connectivity index (χ3n) is 4.41. The van der Waals surface area contributed by atoms with Gasteiger partial charge in [0.15, 0.2) is 11.5 Å². The minimum atomic E-state index is -0.799. The molecule has 25 heavy (non-hydrogen) atoms. The number of carbonyl (C=O) groups is 2. The molecule has 1 aromatic heterocycles. The highest BCUT2D eigenvalue weighted by Gasteiger charge is 2.28. The first kappa shape index (κ1) is 16.0. The first-order valence-corrected chi connectivity index (χ1v) is 9.18. The van der Waals surface area contributed by atoms with Crippen LogP contribution in [0.25, 0.3) is 0 Å². The number of hydrogen-bond acceptors (Lipinski definition) is 5. The number of para-hydroxylation sites is 2. The summed E-state index contributed by atoms with van der Waals surface area (Å²) in [6, 6.07) is 7.17. The highest BCUT2D eigenvalue weighted by molar-refractivity contribution is 7.10. The second kappa shape index (κ2) is 6.76. The molecule has 4 rings (SSSR count). The average molecular weight is 358 g/mol. The van der Waals surface area contributed by atoms with E-state index >= 15 is 0 Å². The van der Waals surface area contributed by atoms with Crippen molar-refractivity contribution >= 4 is 23.2 Å². The van der Waals surface area contributed by atoms with Crippen LogP contribution in [0, 0.1) is 0 Å². The van der Waals surface area contributed by atoms with Crippen LogP contribution in [0.4, 0.5) is 0 Å². The van der Waals surface area contributed by atoms with Crippen LogP contribution in [0.2, 0.25) is 0 Å². The van der Waals surface area contributed by atoms with Crippen molar-refractivity contribution in [1.29, 1.82) is 0 Å². The Morgan fingerprint density at radius 3 is 2.76 bits per heavy atom. The normalized spacial score (nSPS) is 18.2. The standard InChI is InChI=1S/C18H18N2O4S/c21-17(12-10-25-16-8-4-1-5-11(12)16)19-20-18(22)15-9-23-13-6-2-3-7-14(13)24-15/h2-3,6-7,10,15H,1,4-5,8-9H2,(H,19,21)(H,20,22). The van der Waals surface area contributed by atoms with Crippen molar-refractivity contribution in [3.05, 3.63) is 45.6 Å². The maximum absolute atomic E-state index is 12.4. The number of carbonyl (C=O) groups excluding carboxylic acids is 2. The molecule has 2 aliphatic rings. The summed E-state index contributed by atoms with van der Waals surface area (Å²) in [5, 5.41) is 1.87. The Balaban J connectivity index is 1.36. The minimum absolute atomic E-state index is 0.104. The molecule has 130 valence electrons. The Kier molecular flexibility index (Phi) is 4.31. The number of ether oxygens (including phenoxy) is 2. The zero-order valence-electron chi connectivity index (χ0n) is 13.5. The van der Waals surface area contributed by atoms with E-state index in [4.69, 9.17) is 9.47 Å². The van der Waals surface area contributed by atoms with Gasteiger partial charge in [-0.15, -0.1) is 11.3 Å². The van der Waals surface area contributed by atoms with Crippen LogP contribution in [0.3, 0.4) is 0 Å². The van der Waals surface area contributed by atoms with Gasteiger partial charge in [-0.05, 0) is 43.4 Å². The third-order valence-corrected chi connectivity index (χ3v) is 5.49. The molecule has 2 amide bonds. The first-order valence-electron chi connectivity index (χ1n) is 8.30. The second-order valence-corrected chi connectivity index (χ2v) is 7.03. The van der Waals surface area contributed by atoms with Gasteiger partial charge in [0, 0.05) is 10.3 Å². The van der Waals surface area contributed by atoms with E-state index in [1.165, 1.54) is 11.3 Å². The summed E-state index contributed by atoms with van der Waals surface area (Å²) in [4.78, 5) is 25.9. The fraction of sp³-hybridized carbons (Fsp3) is 0.333. The molecule has 0 spiro atoms. The summed E-state index contributed by atoms with van der Waals surface area (Å²) in [5.74, 6) is 0.407. The van der Waals surface area contributed by atoms with Gasteiger partial charge in [-0.25, -0.2) is 0 Å². The molecule has 0 bridgehead atoms. The van der Waals surface area contributed by atoms with Crippen LogP contribution >= 0.6 is 11.3 Å². The summed E-state index contributed by atoms with van der Waals surface area (Å²) in [6.45, 7) is 0.104. The van der Waals surface area contributed by atoms with Gasteiger partial charge in [-0.1, -0.05) is 12.1 Å². The SMILES string of the molecule is O=C(NNC(=O)C1COc2ccccc2O1)c1csc2c1CCCC2. The molecule has 1 atom stereocenters. The predicted molar refractivity (Wildman–Crippen MR) is 92.9 cm³/mol. The predicted octanol–water partition coefficient (Wildman–Crippen LogP) is 2.23. The fourth-order valence-electron chi connectivity index (χ4n) is 3.10. The lowest BCUT2D eigenvalue weighted by Crippen LogP contribution is -2.50. The maximum Gasteiger partial charge on any atom is 0.283 e. The zero-order valence-corrected chi connectivity index (χ0v) is 14.4. The van der Waals surface area contributed by atoms with Crippen LogP contribution in [0.1, 0.15) is 33.6 Å². The van der Waals surface area contributed by atoms with E-state index in [0.29, 0.717) is 17.1 Å². The number of nitrogens with one attached hydrogen (secondary N) is 2. The molecule has 0 radical (unpaired) electrons. The second-order valence-electron chi connectivity index (χ2n) is 6.07. The molecule has 0 saturated carbocycles. The number of rotatable bonds is 2. The number of aryl methyl sites for hydroxylation is 1. The van der Waals surface area contributed by atoms with Crippen LogP contribution in [0.5, 0.6) is 11.5 Å².